The standard InChI is InChI=1S/C23H20ClFN6/c24-17-2-1-3-18(25)22(17)16(14-6-8-28-9-7-14)12-30-19-5-4-15(26)10-20(19)31-13-29-11-21(31)23(30)27/h1-11,13,16,23H,12,26-27H2. The van der Waals surface area contributed by atoms with Crippen LogP contribution < -0.4 is 16.4 Å². The Labute approximate surface area is 183 Å². The van der Waals surface area contributed by atoms with Crippen LogP contribution in [0.5, 0.6) is 0 Å². The summed E-state index contributed by atoms with van der Waals surface area (Å²) >= 11 is 6.48. The minimum atomic E-state index is -0.478. The van der Waals surface area contributed by atoms with Crippen molar-refractivity contribution in [2.24, 2.45) is 5.73 Å². The van der Waals surface area contributed by atoms with Crippen LogP contribution in [0.1, 0.15) is 28.9 Å². The number of halogens is 2. The van der Waals surface area contributed by atoms with Crippen molar-refractivity contribution in [2.75, 3.05) is 17.2 Å². The van der Waals surface area contributed by atoms with Crippen LogP contribution in [0, 0.1) is 5.82 Å². The predicted molar refractivity (Wildman–Crippen MR) is 120 cm³/mol. The molecule has 0 aliphatic carbocycles. The topological polar surface area (TPSA) is 86.0 Å². The van der Waals surface area contributed by atoms with E-state index >= 15 is 0 Å². The van der Waals surface area contributed by atoms with E-state index in [9.17, 15) is 4.39 Å². The lowest BCUT2D eigenvalue weighted by Gasteiger charge is -2.39. The second-order valence-corrected chi connectivity index (χ2v) is 7.91. The molecule has 4 aromatic rings. The van der Waals surface area contributed by atoms with Gasteiger partial charge in [-0.05, 0) is 48.0 Å². The van der Waals surface area contributed by atoms with Gasteiger partial charge in [-0.3, -0.25) is 9.55 Å². The maximum absolute atomic E-state index is 15.0. The molecule has 1 aliphatic heterocycles. The number of imidazole rings is 1. The summed E-state index contributed by atoms with van der Waals surface area (Å²) in [5.41, 5.74) is 17.3. The maximum Gasteiger partial charge on any atom is 0.128 e. The van der Waals surface area contributed by atoms with Gasteiger partial charge in [-0.1, -0.05) is 17.7 Å². The minimum Gasteiger partial charge on any atom is -0.399 e. The molecule has 5 rings (SSSR count). The second kappa shape index (κ2) is 7.68. The Kier molecular flexibility index (Phi) is 4.84. The highest BCUT2D eigenvalue weighted by Gasteiger charge is 2.33. The summed E-state index contributed by atoms with van der Waals surface area (Å²) in [6.07, 6.45) is 6.36. The predicted octanol–water partition coefficient (Wildman–Crippen LogP) is 4.25. The summed E-state index contributed by atoms with van der Waals surface area (Å²) in [6.45, 7) is 0.397. The van der Waals surface area contributed by atoms with Gasteiger partial charge in [-0.25, -0.2) is 9.37 Å². The molecule has 31 heavy (non-hydrogen) atoms. The Morgan fingerprint density at radius 1 is 1.06 bits per heavy atom. The van der Waals surface area contributed by atoms with Crippen molar-refractivity contribution in [3.8, 4) is 5.69 Å². The van der Waals surface area contributed by atoms with Crippen molar-refractivity contribution in [2.45, 2.75) is 12.1 Å². The molecule has 0 radical (unpaired) electrons. The zero-order chi connectivity index (χ0) is 21.5. The number of anilines is 2. The van der Waals surface area contributed by atoms with Crippen LogP contribution in [0.3, 0.4) is 0 Å². The van der Waals surface area contributed by atoms with Crippen molar-refractivity contribution >= 4 is 23.0 Å². The lowest BCUT2D eigenvalue weighted by Crippen LogP contribution is -2.42. The van der Waals surface area contributed by atoms with Crippen LogP contribution in [0.2, 0.25) is 5.02 Å². The molecule has 3 heterocycles. The van der Waals surface area contributed by atoms with E-state index in [1.807, 2.05) is 39.8 Å². The first-order valence-electron chi connectivity index (χ1n) is 9.83. The quantitative estimate of drug-likeness (QED) is 0.469. The fourth-order valence-electron chi connectivity index (χ4n) is 4.22. The molecule has 0 saturated carbocycles. The summed E-state index contributed by atoms with van der Waals surface area (Å²) in [7, 11) is 0. The Morgan fingerprint density at radius 2 is 1.87 bits per heavy atom. The summed E-state index contributed by atoms with van der Waals surface area (Å²) in [4.78, 5) is 10.4. The SMILES string of the molecule is Nc1ccc2c(c1)-n1cncc1C(N)N2CC(c1ccncc1)c1c(F)cccc1Cl. The molecule has 0 fully saturated rings. The molecule has 156 valence electrons. The molecule has 8 heteroatoms. The number of nitrogens with zero attached hydrogens (tertiary/aromatic N) is 4. The molecule has 2 unspecified atom stereocenters. The number of rotatable bonds is 4. The molecule has 0 spiro atoms. The molecular weight excluding hydrogens is 415 g/mol. The van der Waals surface area contributed by atoms with Gasteiger partial charge in [0.2, 0.25) is 0 Å². The van der Waals surface area contributed by atoms with Crippen molar-refractivity contribution in [3.05, 3.63) is 101 Å². The first-order valence-corrected chi connectivity index (χ1v) is 10.2. The number of hydrogen-bond donors (Lipinski definition) is 2. The van der Waals surface area contributed by atoms with Gasteiger partial charge < -0.3 is 16.4 Å². The summed E-state index contributed by atoms with van der Waals surface area (Å²) < 4.78 is 16.9. The summed E-state index contributed by atoms with van der Waals surface area (Å²) in [6, 6.07) is 14.1. The van der Waals surface area contributed by atoms with Crippen LogP contribution in [0.4, 0.5) is 15.8 Å². The van der Waals surface area contributed by atoms with E-state index in [4.69, 9.17) is 23.1 Å². The number of hydrogen-bond acceptors (Lipinski definition) is 5. The van der Waals surface area contributed by atoms with Gasteiger partial charge in [-0.2, -0.15) is 0 Å². The zero-order valence-corrected chi connectivity index (χ0v) is 17.2. The van der Waals surface area contributed by atoms with E-state index in [2.05, 4.69) is 9.97 Å². The molecule has 2 atom stereocenters. The van der Waals surface area contributed by atoms with Crippen molar-refractivity contribution < 1.29 is 4.39 Å². The fraction of sp³-hybridized carbons (Fsp3) is 0.130. The van der Waals surface area contributed by atoms with Crippen LogP contribution in [0.15, 0.2) is 73.4 Å². The second-order valence-electron chi connectivity index (χ2n) is 7.50. The Balaban J connectivity index is 1.65. The third-order valence-corrected chi connectivity index (χ3v) is 6.04. The van der Waals surface area contributed by atoms with Crippen molar-refractivity contribution in [1.82, 2.24) is 14.5 Å². The zero-order valence-electron chi connectivity index (χ0n) is 16.5. The smallest absolute Gasteiger partial charge is 0.128 e. The number of fused-ring (bicyclic) bond motifs is 3. The van der Waals surface area contributed by atoms with E-state index in [1.54, 1.807) is 37.1 Å². The van der Waals surface area contributed by atoms with Gasteiger partial charge in [0.1, 0.15) is 12.0 Å². The van der Waals surface area contributed by atoms with Crippen LogP contribution in [-0.2, 0) is 0 Å². The normalized spacial score (nSPS) is 16.0. The van der Waals surface area contributed by atoms with E-state index < -0.39 is 6.17 Å². The lowest BCUT2D eigenvalue weighted by molar-refractivity contribution is 0.553. The molecule has 2 aromatic heterocycles. The van der Waals surface area contributed by atoms with E-state index in [0.717, 1.165) is 22.6 Å². The molecule has 4 N–H and O–H groups in total. The molecular formula is C23H20ClFN6. The molecule has 2 aromatic carbocycles. The third kappa shape index (κ3) is 3.32. The Hall–Kier alpha value is -3.42. The number of pyridine rings is 1. The highest BCUT2D eigenvalue weighted by Crippen LogP contribution is 2.41. The molecule has 0 amide bonds. The summed E-state index contributed by atoms with van der Waals surface area (Å²) in [5, 5.41) is 0.370. The van der Waals surface area contributed by atoms with E-state index in [1.165, 1.54) is 6.07 Å². The van der Waals surface area contributed by atoms with E-state index in [0.29, 0.717) is 22.8 Å². The highest BCUT2D eigenvalue weighted by atomic mass is 35.5. The number of nitrogens with two attached hydrogens (primary N) is 2. The van der Waals surface area contributed by atoms with Gasteiger partial charge >= 0.3 is 0 Å². The van der Waals surface area contributed by atoms with E-state index in [-0.39, 0.29) is 11.7 Å². The fourth-order valence-corrected chi connectivity index (χ4v) is 4.52. The first-order chi connectivity index (χ1) is 15.0. The van der Waals surface area contributed by atoms with Crippen LogP contribution in [0.25, 0.3) is 5.69 Å². The average Bonchev–Trinajstić information content (AvgIpc) is 3.26. The molecule has 1 aliphatic rings. The molecule has 0 bridgehead atoms. The van der Waals surface area contributed by atoms with Crippen LogP contribution in [-0.4, -0.2) is 21.1 Å². The highest BCUT2D eigenvalue weighted by molar-refractivity contribution is 6.31. The molecule has 0 saturated heterocycles. The average molecular weight is 435 g/mol. The largest absolute Gasteiger partial charge is 0.399 e. The van der Waals surface area contributed by atoms with Gasteiger partial charge in [0.25, 0.3) is 0 Å². The Bertz CT molecular complexity index is 1220. The number of aromatic nitrogens is 3. The monoisotopic (exact) mass is 434 g/mol. The van der Waals surface area contributed by atoms with Crippen LogP contribution >= 0.6 is 11.6 Å². The van der Waals surface area contributed by atoms with Gasteiger partial charge in [0.15, 0.2) is 0 Å². The first kappa shape index (κ1) is 19.5. The van der Waals surface area contributed by atoms with Crippen molar-refractivity contribution in [3.63, 3.8) is 0 Å². The third-order valence-electron chi connectivity index (χ3n) is 5.71. The maximum atomic E-state index is 15.0. The summed E-state index contributed by atoms with van der Waals surface area (Å²) in [5.74, 6) is -0.731. The van der Waals surface area contributed by atoms with Gasteiger partial charge in [-0.15, -0.1) is 0 Å². The minimum absolute atomic E-state index is 0.359. The van der Waals surface area contributed by atoms with Gasteiger partial charge in [0.05, 0.1) is 29.6 Å². The van der Waals surface area contributed by atoms with Crippen molar-refractivity contribution in [1.29, 1.82) is 0 Å². The van der Waals surface area contributed by atoms with Gasteiger partial charge in [0, 0.05) is 41.1 Å². The lowest BCUT2D eigenvalue weighted by atomic mass is 9.90. The number of benzene rings is 2. The Morgan fingerprint density at radius 3 is 2.65 bits per heavy atom. The molecule has 6 nitrogen and oxygen atoms in total. The number of nitrogen functional groups attached to an aromatic ring is 1.